The van der Waals surface area contributed by atoms with E-state index in [0.29, 0.717) is 16.4 Å². The van der Waals surface area contributed by atoms with Crippen LogP contribution in [-0.4, -0.2) is 22.5 Å². The summed E-state index contributed by atoms with van der Waals surface area (Å²) in [6, 6.07) is 16.7. The first-order valence-electron chi connectivity index (χ1n) is 8.60. The van der Waals surface area contributed by atoms with Gasteiger partial charge in [-0.1, -0.05) is 18.2 Å². The molecular formula is C21H16N4O2S. The predicted octanol–water partition coefficient (Wildman–Crippen LogP) is 4.49. The van der Waals surface area contributed by atoms with E-state index in [4.69, 9.17) is 10.00 Å². The highest BCUT2D eigenvalue weighted by Crippen LogP contribution is 2.33. The highest BCUT2D eigenvalue weighted by atomic mass is 32.1. The van der Waals surface area contributed by atoms with Gasteiger partial charge < -0.3 is 9.72 Å². The quantitative estimate of drug-likeness (QED) is 0.527. The van der Waals surface area contributed by atoms with Crippen molar-refractivity contribution >= 4 is 33.3 Å². The summed E-state index contributed by atoms with van der Waals surface area (Å²) in [4.78, 5) is 20.1. The van der Waals surface area contributed by atoms with Gasteiger partial charge in [-0.15, -0.1) is 11.3 Å². The molecule has 2 aromatic heterocycles. The first-order valence-corrected chi connectivity index (χ1v) is 9.48. The average molecular weight is 388 g/mol. The van der Waals surface area contributed by atoms with Crippen molar-refractivity contribution in [3.63, 3.8) is 0 Å². The zero-order chi connectivity index (χ0) is 19.5. The maximum Gasteiger partial charge on any atom is 0.264 e. The summed E-state index contributed by atoms with van der Waals surface area (Å²) in [5.74, 6) is 0.240. The number of nitrogens with one attached hydrogen (secondary N) is 2. The Balaban J connectivity index is 1.43. The van der Waals surface area contributed by atoms with E-state index in [1.54, 1.807) is 24.3 Å². The number of ether oxygens (including phenoxy) is 1. The lowest BCUT2D eigenvalue weighted by Crippen LogP contribution is -2.20. The average Bonchev–Trinajstić information content (AvgIpc) is 3.29. The lowest BCUT2D eigenvalue weighted by Gasteiger charge is -2.05. The van der Waals surface area contributed by atoms with Gasteiger partial charge in [0.15, 0.2) is 11.7 Å². The van der Waals surface area contributed by atoms with Gasteiger partial charge in [0, 0.05) is 27.5 Å². The summed E-state index contributed by atoms with van der Waals surface area (Å²) < 4.78 is 5.45. The monoisotopic (exact) mass is 388 g/mol. The number of anilines is 1. The van der Waals surface area contributed by atoms with Crippen molar-refractivity contribution in [1.29, 1.82) is 5.26 Å². The number of H-pyrrole nitrogens is 1. The van der Waals surface area contributed by atoms with E-state index in [2.05, 4.69) is 21.4 Å². The number of fused-ring (bicyclic) bond motifs is 1. The Morgan fingerprint density at radius 3 is 2.82 bits per heavy atom. The van der Waals surface area contributed by atoms with E-state index in [0.717, 1.165) is 27.9 Å². The molecule has 7 heteroatoms. The third kappa shape index (κ3) is 3.59. The SMILES string of the molecule is Cc1[nH]c2ccccc2c1-c1csc(NC(=O)COc2ccc(C#N)cc2)n1. The van der Waals surface area contributed by atoms with E-state index >= 15 is 0 Å². The second kappa shape index (κ2) is 7.55. The molecule has 0 fully saturated rings. The molecule has 0 saturated carbocycles. The molecule has 6 nitrogen and oxygen atoms in total. The largest absolute Gasteiger partial charge is 0.484 e. The number of amides is 1. The van der Waals surface area contributed by atoms with Crippen LogP contribution in [0.15, 0.2) is 53.9 Å². The number of nitrogens with zero attached hydrogens (tertiary/aromatic N) is 2. The van der Waals surface area contributed by atoms with Gasteiger partial charge in [0.2, 0.25) is 0 Å². The molecule has 4 aromatic rings. The molecule has 0 saturated heterocycles. The van der Waals surface area contributed by atoms with Gasteiger partial charge in [-0.25, -0.2) is 4.98 Å². The number of benzene rings is 2. The maximum atomic E-state index is 12.2. The fourth-order valence-electron chi connectivity index (χ4n) is 2.98. The normalized spacial score (nSPS) is 10.6. The van der Waals surface area contributed by atoms with Crippen molar-refractivity contribution in [2.75, 3.05) is 11.9 Å². The van der Waals surface area contributed by atoms with Crippen LogP contribution in [0.3, 0.4) is 0 Å². The van der Waals surface area contributed by atoms with Crippen LogP contribution < -0.4 is 10.1 Å². The molecule has 4 rings (SSSR count). The number of thiazole rings is 1. The Morgan fingerprint density at radius 2 is 2.04 bits per heavy atom. The second-order valence-electron chi connectivity index (χ2n) is 6.18. The molecule has 2 heterocycles. The molecule has 138 valence electrons. The first-order chi connectivity index (χ1) is 13.6. The molecule has 0 radical (unpaired) electrons. The zero-order valence-electron chi connectivity index (χ0n) is 15.0. The van der Waals surface area contributed by atoms with Crippen LogP contribution in [0.4, 0.5) is 5.13 Å². The van der Waals surface area contributed by atoms with Gasteiger partial charge >= 0.3 is 0 Å². The van der Waals surface area contributed by atoms with Crippen LogP contribution in [0, 0.1) is 18.3 Å². The highest BCUT2D eigenvalue weighted by molar-refractivity contribution is 7.14. The number of aromatic amines is 1. The van der Waals surface area contributed by atoms with Gasteiger partial charge in [-0.05, 0) is 37.3 Å². The van der Waals surface area contributed by atoms with Crippen molar-refractivity contribution in [3.05, 3.63) is 65.2 Å². The van der Waals surface area contributed by atoms with Crippen LogP contribution in [-0.2, 0) is 4.79 Å². The van der Waals surface area contributed by atoms with Crippen molar-refractivity contribution in [3.8, 4) is 23.1 Å². The summed E-state index contributed by atoms with van der Waals surface area (Å²) in [7, 11) is 0. The number of para-hydroxylation sites is 1. The standard InChI is InChI=1S/C21H16N4O2S/c1-13-20(16-4-2-3-5-17(16)23-13)18-12-28-21(24-18)25-19(26)11-27-15-8-6-14(10-22)7-9-15/h2-9,12,23H,11H2,1H3,(H,24,25,26). The fourth-order valence-corrected chi connectivity index (χ4v) is 3.70. The summed E-state index contributed by atoms with van der Waals surface area (Å²) in [6.07, 6.45) is 0. The van der Waals surface area contributed by atoms with Crippen LogP contribution in [0.2, 0.25) is 0 Å². The minimum atomic E-state index is -0.291. The van der Waals surface area contributed by atoms with E-state index in [1.807, 2.05) is 36.6 Å². The van der Waals surface area contributed by atoms with Gasteiger partial charge in [0.25, 0.3) is 5.91 Å². The molecule has 1 amide bonds. The van der Waals surface area contributed by atoms with Gasteiger partial charge in [-0.3, -0.25) is 10.1 Å². The Bertz CT molecular complexity index is 1190. The van der Waals surface area contributed by atoms with Gasteiger partial charge in [-0.2, -0.15) is 5.26 Å². The molecule has 0 atom stereocenters. The zero-order valence-corrected chi connectivity index (χ0v) is 15.8. The topological polar surface area (TPSA) is 90.8 Å². The number of hydrogen-bond acceptors (Lipinski definition) is 5. The summed E-state index contributed by atoms with van der Waals surface area (Å²) in [6.45, 7) is 1.88. The lowest BCUT2D eigenvalue weighted by molar-refractivity contribution is -0.118. The lowest BCUT2D eigenvalue weighted by atomic mass is 10.1. The van der Waals surface area contributed by atoms with Gasteiger partial charge in [0.1, 0.15) is 5.75 Å². The summed E-state index contributed by atoms with van der Waals surface area (Å²) in [5.41, 5.74) is 4.50. The van der Waals surface area contributed by atoms with Crippen molar-refractivity contribution < 1.29 is 9.53 Å². The third-order valence-corrected chi connectivity index (χ3v) is 5.01. The molecule has 0 bridgehead atoms. The number of carbonyl (C=O) groups excluding carboxylic acids is 1. The first kappa shape index (κ1) is 17.8. The molecule has 0 aliphatic carbocycles. The van der Waals surface area contributed by atoms with Crippen molar-refractivity contribution in [2.24, 2.45) is 0 Å². The van der Waals surface area contributed by atoms with Crippen LogP contribution in [0.5, 0.6) is 5.75 Å². The summed E-state index contributed by atoms with van der Waals surface area (Å²) in [5, 5.41) is 15.1. The molecule has 2 aromatic carbocycles. The number of aryl methyl sites for hydroxylation is 1. The van der Waals surface area contributed by atoms with Crippen LogP contribution in [0.1, 0.15) is 11.3 Å². The molecular weight excluding hydrogens is 372 g/mol. The summed E-state index contributed by atoms with van der Waals surface area (Å²) >= 11 is 1.37. The molecule has 0 unspecified atom stereocenters. The van der Waals surface area contributed by atoms with E-state index in [-0.39, 0.29) is 12.5 Å². The fraction of sp³-hybridized carbons (Fsp3) is 0.0952. The molecule has 28 heavy (non-hydrogen) atoms. The van der Waals surface area contributed by atoms with Crippen molar-refractivity contribution in [2.45, 2.75) is 6.92 Å². The molecule has 0 spiro atoms. The molecule has 2 N–H and O–H groups in total. The number of hydrogen-bond donors (Lipinski definition) is 2. The van der Waals surface area contributed by atoms with E-state index < -0.39 is 0 Å². The molecule has 0 aliphatic rings. The number of carbonyl (C=O) groups is 1. The van der Waals surface area contributed by atoms with E-state index in [9.17, 15) is 4.79 Å². The Hall–Kier alpha value is -3.63. The van der Waals surface area contributed by atoms with Gasteiger partial charge in [0.05, 0.1) is 17.3 Å². The second-order valence-corrected chi connectivity index (χ2v) is 7.04. The van der Waals surface area contributed by atoms with Crippen molar-refractivity contribution in [1.82, 2.24) is 9.97 Å². The number of nitriles is 1. The minimum Gasteiger partial charge on any atom is -0.484 e. The minimum absolute atomic E-state index is 0.132. The predicted molar refractivity (Wildman–Crippen MR) is 109 cm³/mol. The van der Waals surface area contributed by atoms with Crippen LogP contribution in [0.25, 0.3) is 22.2 Å². The highest BCUT2D eigenvalue weighted by Gasteiger charge is 2.14. The van der Waals surface area contributed by atoms with Crippen LogP contribution >= 0.6 is 11.3 Å². The third-order valence-electron chi connectivity index (χ3n) is 4.25. The maximum absolute atomic E-state index is 12.2. The van der Waals surface area contributed by atoms with E-state index in [1.165, 1.54) is 11.3 Å². The number of aromatic nitrogens is 2. The Kier molecular flexibility index (Phi) is 4.79. The Morgan fingerprint density at radius 1 is 1.25 bits per heavy atom. The number of rotatable bonds is 5. The smallest absolute Gasteiger partial charge is 0.264 e. The molecule has 0 aliphatic heterocycles. The Labute approximate surface area is 165 Å².